The number of fused-ring (bicyclic) bond motifs is 1. The topological polar surface area (TPSA) is 15.3 Å². The first-order chi connectivity index (χ1) is 10.4. The number of aryl methyl sites for hydroxylation is 2. The molecule has 1 aromatic rings. The number of nitrogens with zero attached hydrogens (tertiary/aromatic N) is 1. The van der Waals surface area contributed by atoms with Crippen molar-refractivity contribution in [2.45, 2.75) is 57.5 Å². The normalized spacial score (nSPS) is 24.7. The molecular formula is C19H28N2. The average molecular weight is 284 g/mol. The van der Waals surface area contributed by atoms with E-state index in [-0.39, 0.29) is 0 Å². The molecule has 114 valence electrons. The molecule has 21 heavy (non-hydrogen) atoms. The van der Waals surface area contributed by atoms with Crippen molar-refractivity contribution in [3.63, 3.8) is 0 Å². The summed E-state index contributed by atoms with van der Waals surface area (Å²) < 4.78 is 0. The van der Waals surface area contributed by atoms with Crippen molar-refractivity contribution in [1.29, 1.82) is 0 Å². The molecule has 1 unspecified atom stereocenters. The SMILES string of the molecule is c1cc2c(cc1CN(CC1CC1)CC1CCCN1)CCC2. The van der Waals surface area contributed by atoms with Crippen molar-refractivity contribution >= 4 is 0 Å². The van der Waals surface area contributed by atoms with Gasteiger partial charge in [-0.05, 0) is 74.1 Å². The lowest BCUT2D eigenvalue weighted by Crippen LogP contribution is -2.38. The lowest BCUT2D eigenvalue weighted by atomic mass is 10.1. The molecule has 2 fully saturated rings. The van der Waals surface area contributed by atoms with Gasteiger partial charge in [0.2, 0.25) is 0 Å². The van der Waals surface area contributed by atoms with Crippen LogP contribution in [0.25, 0.3) is 0 Å². The van der Waals surface area contributed by atoms with Crippen molar-refractivity contribution in [2.75, 3.05) is 19.6 Å². The zero-order chi connectivity index (χ0) is 14.1. The van der Waals surface area contributed by atoms with Crippen LogP contribution in [0.3, 0.4) is 0 Å². The van der Waals surface area contributed by atoms with Crippen LogP contribution >= 0.6 is 0 Å². The molecule has 1 saturated carbocycles. The van der Waals surface area contributed by atoms with E-state index in [1.54, 1.807) is 11.1 Å². The van der Waals surface area contributed by atoms with E-state index in [1.807, 2.05) is 0 Å². The van der Waals surface area contributed by atoms with Gasteiger partial charge in [-0.3, -0.25) is 4.90 Å². The Morgan fingerprint density at radius 3 is 2.71 bits per heavy atom. The second kappa shape index (κ2) is 6.10. The molecule has 2 nitrogen and oxygen atoms in total. The molecule has 0 bridgehead atoms. The molecule has 0 spiro atoms. The highest BCUT2D eigenvalue weighted by Gasteiger charge is 2.26. The second-order valence-corrected chi connectivity index (χ2v) is 7.39. The largest absolute Gasteiger partial charge is 0.313 e. The Balaban J connectivity index is 1.42. The van der Waals surface area contributed by atoms with Crippen molar-refractivity contribution in [3.8, 4) is 0 Å². The Bertz CT molecular complexity index is 486. The molecule has 1 aliphatic heterocycles. The first kappa shape index (κ1) is 13.8. The van der Waals surface area contributed by atoms with Gasteiger partial charge in [0.05, 0.1) is 0 Å². The van der Waals surface area contributed by atoms with Gasteiger partial charge in [-0.15, -0.1) is 0 Å². The fourth-order valence-corrected chi connectivity index (χ4v) is 4.08. The van der Waals surface area contributed by atoms with E-state index in [2.05, 4.69) is 28.4 Å². The molecule has 0 amide bonds. The van der Waals surface area contributed by atoms with E-state index < -0.39 is 0 Å². The van der Waals surface area contributed by atoms with Crippen LogP contribution in [0.4, 0.5) is 0 Å². The zero-order valence-electron chi connectivity index (χ0n) is 13.1. The Morgan fingerprint density at radius 1 is 1.00 bits per heavy atom. The third kappa shape index (κ3) is 3.49. The molecular weight excluding hydrogens is 256 g/mol. The van der Waals surface area contributed by atoms with Crippen LogP contribution in [0.5, 0.6) is 0 Å². The van der Waals surface area contributed by atoms with E-state index in [1.165, 1.54) is 70.1 Å². The number of nitrogens with one attached hydrogen (secondary N) is 1. The van der Waals surface area contributed by atoms with Gasteiger partial charge in [-0.2, -0.15) is 0 Å². The predicted molar refractivity (Wildman–Crippen MR) is 87.5 cm³/mol. The Labute approximate surface area is 128 Å². The molecule has 1 heterocycles. The maximum Gasteiger partial charge on any atom is 0.0234 e. The van der Waals surface area contributed by atoms with Gasteiger partial charge in [0.1, 0.15) is 0 Å². The van der Waals surface area contributed by atoms with Crippen LogP contribution in [-0.2, 0) is 19.4 Å². The molecule has 2 aliphatic carbocycles. The fourth-order valence-electron chi connectivity index (χ4n) is 4.08. The molecule has 3 aliphatic rings. The van der Waals surface area contributed by atoms with Gasteiger partial charge in [0.25, 0.3) is 0 Å². The summed E-state index contributed by atoms with van der Waals surface area (Å²) in [6.45, 7) is 4.94. The molecule has 2 heteroatoms. The predicted octanol–water partition coefficient (Wildman–Crippen LogP) is 3.14. The fraction of sp³-hybridized carbons (Fsp3) is 0.684. The number of hydrogen-bond acceptors (Lipinski definition) is 2. The van der Waals surface area contributed by atoms with E-state index in [0.717, 1.165) is 18.5 Å². The summed E-state index contributed by atoms with van der Waals surface area (Å²) in [5.74, 6) is 0.987. The Kier molecular flexibility index (Phi) is 4.00. The van der Waals surface area contributed by atoms with Crippen LogP contribution < -0.4 is 5.32 Å². The highest BCUT2D eigenvalue weighted by molar-refractivity contribution is 5.35. The van der Waals surface area contributed by atoms with Gasteiger partial charge in [-0.1, -0.05) is 18.2 Å². The second-order valence-electron chi connectivity index (χ2n) is 7.39. The van der Waals surface area contributed by atoms with E-state index >= 15 is 0 Å². The van der Waals surface area contributed by atoms with Crippen LogP contribution in [0, 0.1) is 5.92 Å². The smallest absolute Gasteiger partial charge is 0.0234 e. The molecule has 4 rings (SSSR count). The van der Waals surface area contributed by atoms with E-state index in [4.69, 9.17) is 0 Å². The number of hydrogen-bond donors (Lipinski definition) is 1. The molecule has 0 radical (unpaired) electrons. The van der Waals surface area contributed by atoms with Gasteiger partial charge in [0.15, 0.2) is 0 Å². The summed E-state index contributed by atoms with van der Waals surface area (Å²) in [6.07, 6.45) is 9.60. The van der Waals surface area contributed by atoms with E-state index in [9.17, 15) is 0 Å². The minimum absolute atomic E-state index is 0.734. The first-order valence-corrected chi connectivity index (χ1v) is 8.93. The third-order valence-electron chi connectivity index (χ3n) is 5.42. The van der Waals surface area contributed by atoms with Gasteiger partial charge in [-0.25, -0.2) is 0 Å². The zero-order valence-corrected chi connectivity index (χ0v) is 13.1. The Hall–Kier alpha value is -0.860. The average Bonchev–Trinajstić information content (AvgIpc) is 2.98. The van der Waals surface area contributed by atoms with E-state index in [0.29, 0.717) is 0 Å². The van der Waals surface area contributed by atoms with Crippen molar-refractivity contribution in [2.24, 2.45) is 5.92 Å². The standard InChI is InChI=1S/C19H28N2/c1-3-17-9-8-16(11-18(17)4-1)13-21(12-15-6-7-15)14-19-5-2-10-20-19/h8-9,11,15,19-20H,1-7,10,12-14H2. The summed E-state index contributed by atoms with van der Waals surface area (Å²) in [7, 11) is 0. The van der Waals surface area contributed by atoms with Crippen LogP contribution in [0.15, 0.2) is 18.2 Å². The van der Waals surface area contributed by atoms with Crippen molar-refractivity contribution in [1.82, 2.24) is 10.2 Å². The van der Waals surface area contributed by atoms with Gasteiger partial charge >= 0.3 is 0 Å². The van der Waals surface area contributed by atoms with Crippen LogP contribution in [0.1, 0.15) is 48.8 Å². The maximum absolute atomic E-state index is 3.67. The van der Waals surface area contributed by atoms with Crippen LogP contribution in [-0.4, -0.2) is 30.6 Å². The Morgan fingerprint density at radius 2 is 1.90 bits per heavy atom. The quantitative estimate of drug-likeness (QED) is 0.863. The summed E-state index contributed by atoms with van der Waals surface area (Å²) >= 11 is 0. The summed E-state index contributed by atoms with van der Waals surface area (Å²) in [5.41, 5.74) is 4.76. The molecule has 0 aromatic heterocycles. The van der Waals surface area contributed by atoms with Crippen LogP contribution in [0.2, 0.25) is 0 Å². The number of rotatable bonds is 6. The summed E-state index contributed by atoms with van der Waals surface area (Å²) in [4.78, 5) is 2.72. The highest BCUT2D eigenvalue weighted by atomic mass is 15.2. The maximum atomic E-state index is 3.67. The van der Waals surface area contributed by atoms with Crippen molar-refractivity contribution in [3.05, 3.63) is 34.9 Å². The minimum Gasteiger partial charge on any atom is -0.313 e. The lowest BCUT2D eigenvalue weighted by Gasteiger charge is -2.26. The lowest BCUT2D eigenvalue weighted by molar-refractivity contribution is 0.232. The minimum atomic E-state index is 0.734. The monoisotopic (exact) mass is 284 g/mol. The van der Waals surface area contributed by atoms with Gasteiger partial charge < -0.3 is 5.32 Å². The molecule has 1 atom stereocenters. The molecule has 1 aromatic carbocycles. The highest BCUT2D eigenvalue weighted by Crippen LogP contribution is 2.31. The molecule has 1 saturated heterocycles. The number of benzene rings is 1. The molecule has 1 N–H and O–H groups in total. The third-order valence-corrected chi connectivity index (χ3v) is 5.42. The summed E-state index contributed by atoms with van der Waals surface area (Å²) in [5, 5.41) is 3.67. The van der Waals surface area contributed by atoms with Gasteiger partial charge in [0, 0.05) is 25.7 Å². The first-order valence-electron chi connectivity index (χ1n) is 8.93. The summed E-state index contributed by atoms with van der Waals surface area (Å²) in [6, 6.07) is 8.00. The van der Waals surface area contributed by atoms with Crippen molar-refractivity contribution < 1.29 is 0 Å².